The third-order valence-electron chi connectivity index (χ3n) is 2.52. The third-order valence-corrected chi connectivity index (χ3v) is 2.52. The van der Waals surface area contributed by atoms with Crippen LogP contribution in [-0.4, -0.2) is 30.0 Å². The van der Waals surface area contributed by atoms with Gasteiger partial charge in [-0.2, -0.15) is 10.5 Å². The second-order valence-electron chi connectivity index (χ2n) is 3.82. The number of nitrogens with one attached hydrogen (secondary N) is 1. The van der Waals surface area contributed by atoms with E-state index in [0.717, 1.165) is 5.56 Å². The summed E-state index contributed by atoms with van der Waals surface area (Å²) in [5.74, 6) is 0. The standard InChI is InChI=1S/C12H13N5O2/c1-15-11-8-10(2-3-12(11)17(18)19)9-16(6-4-13)7-5-14/h2-3,8,15H,6-7,9H2,1H3. The Labute approximate surface area is 110 Å². The van der Waals surface area contributed by atoms with Gasteiger partial charge in [0.15, 0.2) is 0 Å². The van der Waals surface area contributed by atoms with Crippen molar-refractivity contribution in [3.8, 4) is 12.1 Å². The fourth-order valence-corrected chi connectivity index (χ4v) is 1.67. The van der Waals surface area contributed by atoms with Gasteiger partial charge in [0.2, 0.25) is 0 Å². The summed E-state index contributed by atoms with van der Waals surface area (Å²) in [5.41, 5.74) is 1.22. The maximum absolute atomic E-state index is 10.8. The number of hydrogen-bond donors (Lipinski definition) is 1. The summed E-state index contributed by atoms with van der Waals surface area (Å²) in [5, 5.41) is 30.9. The number of nitro groups is 1. The van der Waals surface area contributed by atoms with Gasteiger partial charge in [0.25, 0.3) is 5.69 Å². The van der Waals surface area contributed by atoms with Gasteiger partial charge in [-0.3, -0.25) is 15.0 Å². The Hall–Kier alpha value is -2.64. The first kappa shape index (κ1) is 14.4. The summed E-state index contributed by atoms with van der Waals surface area (Å²) in [7, 11) is 1.61. The van der Waals surface area contributed by atoms with Crippen LogP contribution in [0.15, 0.2) is 18.2 Å². The van der Waals surface area contributed by atoms with Gasteiger partial charge in [-0.05, 0) is 11.6 Å². The van der Waals surface area contributed by atoms with Crippen molar-refractivity contribution < 1.29 is 4.92 Å². The maximum atomic E-state index is 10.8. The highest BCUT2D eigenvalue weighted by Crippen LogP contribution is 2.25. The second kappa shape index (κ2) is 6.94. The van der Waals surface area contributed by atoms with Crippen LogP contribution >= 0.6 is 0 Å². The fraction of sp³-hybridized carbons (Fsp3) is 0.333. The van der Waals surface area contributed by atoms with E-state index in [-0.39, 0.29) is 18.8 Å². The summed E-state index contributed by atoms with van der Waals surface area (Å²) in [6, 6.07) is 8.66. The first-order valence-corrected chi connectivity index (χ1v) is 5.53. The molecular formula is C12H13N5O2. The molecule has 0 bridgehead atoms. The normalized spacial score (nSPS) is 9.68. The predicted molar refractivity (Wildman–Crippen MR) is 69.1 cm³/mol. The minimum Gasteiger partial charge on any atom is -0.383 e. The molecule has 0 spiro atoms. The zero-order valence-electron chi connectivity index (χ0n) is 10.5. The first-order chi connectivity index (χ1) is 9.12. The summed E-state index contributed by atoms with van der Waals surface area (Å²) in [4.78, 5) is 12.0. The van der Waals surface area contributed by atoms with Gasteiger partial charge in [-0.1, -0.05) is 6.07 Å². The number of anilines is 1. The molecule has 0 aliphatic carbocycles. The fourth-order valence-electron chi connectivity index (χ4n) is 1.67. The number of rotatable bonds is 6. The Morgan fingerprint density at radius 1 is 1.37 bits per heavy atom. The summed E-state index contributed by atoms with van der Waals surface area (Å²) >= 11 is 0. The number of nitrogens with zero attached hydrogens (tertiary/aromatic N) is 4. The van der Waals surface area contributed by atoms with Crippen LogP contribution in [0.5, 0.6) is 0 Å². The number of hydrogen-bond acceptors (Lipinski definition) is 6. The molecule has 19 heavy (non-hydrogen) atoms. The van der Waals surface area contributed by atoms with E-state index in [1.807, 2.05) is 12.1 Å². The molecule has 0 amide bonds. The predicted octanol–water partition coefficient (Wildman–Crippen LogP) is 1.49. The van der Waals surface area contributed by atoms with Gasteiger partial charge in [0, 0.05) is 19.7 Å². The lowest BCUT2D eigenvalue weighted by Crippen LogP contribution is -2.23. The SMILES string of the molecule is CNc1cc(CN(CC#N)CC#N)ccc1[N+](=O)[O-]. The summed E-state index contributed by atoms with van der Waals surface area (Å²) < 4.78 is 0. The highest BCUT2D eigenvalue weighted by atomic mass is 16.6. The summed E-state index contributed by atoms with van der Waals surface area (Å²) in [6.45, 7) is 0.673. The average molecular weight is 259 g/mol. The van der Waals surface area contributed by atoms with Gasteiger partial charge in [0.1, 0.15) is 5.69 Å². The van der Waals surface area contributed by atoms with Crippen molar-refractivity contribution in [3.63, 3.8) is 0 Å². The zero-order valence-corrected chi connectivity index (χ0v) is 10.5. The molecule has 0 saturated heterocycles. The van der Waals surface area contributed by atoms with Gasteiger partial charge >= 0.3 is 0 Å². The molecule has 0 atom stereocenters. The molecular weight excluding hydrogens is 246 g/mol. The Balaban J connectivity index is 2.93. The summed E-state index contributed by atoms with van der Waals surface area (Å²) in [6.07, 6.45) is 0. The quantitative estimate of drug-likeness (QED) is 0.471. The molecule has 0 aliphatic rings. The van der Waals surface area contributed by atoms with Gasteiger partial charge in [0.05, 0.1) is 30.2 Å². The van der Waals surface area contributed by atoms with Crippen molar-refractivity contribution in [2.45, 2.75) is 6.54 Å². The Kier molecular flexibility index (Phi) is 5.27. The molecule has 1 aromatic rings. The van der Waals surface area contributed by atoms with Crippen molar-refractivity contribution in [1.82, 2.24) is 4.90 Å². The van der Waals surface area contributed by atoms with Crippen LogP contribution in [-0.2, 0) is 6.54 Å². The monoisotopic (exact) mass is 259 g/mol. The maximum Gasteiger partial charge on any atom is 0.292 e. The van der Waals surface area contributed by atoms with Crippen molar-refractivity contribution in [3.05, 3.63) is 33.9 Å². The minimum atomic E-state index is -0.460. The van der Waals surface area contributed by atoms with E-state index < -0.39 is 4.92 Å². The van der Waals surface area contributed by atoms with Crippen LogP contribution in [0.2, 0.25) is 0 Å². The van der Waals surface area contributed by atoms with Crippen LogP contribution in [0.4, 0.5) is 11.4 Å². The van der Waals surface area contributed by atoms with Crippen LogP contribution in [0.1, 0.15) is 5.56 Å². The lowest BCUT2D eigenvalue weighted by molar-refractivity contribution is -0.384. The molecule has 0 unspecified atom stereocenters. The molecule has 0 fully saturated rings. The van der Waals surface area contributed by atoms with Gasteiger partial charge in [-0.15, -0.1) is 0 Å². The van der Waals surface area contributed by atoms with E-state index in [9.17, 15) is 10.1 Å². The lowest BCUT2D eigenvalue weighted by Gasteiger charge is -2.15. The van der Waals surface area contributed by atoms with E-state index in [1.54, 1.807) is 24.1 Å². The lowest BCUT2D eigenvalue weighted by atomic mass is 10.1. The van der Waals surface area contributed by atoms with E-state index in [4.69, 9.17) is 10.5 Å². The molecule has 0 heterocycles. The molecule has 1 rings (SSSR count). The van der Waals surface area contributed by atoms with E-state index in [2.05, 4.69) is 5.32 Å². The topological polar surface area (TPSA) is 106 Å². The van der Waals surface area contributed by atoms with Crippen LogP contribution < -0.4 is 5.32 Å². The van der Waals surface area contributed by atoms with E-state index in [1.165, 1.54) is 6.07 Å². The third kappa shape index (κ3) is 3.95. The van der Waals surface area contributed by atoms with Crippen LogP contribution in [0.3, 0.4) is 0 Å². The van der Waals surface area contributed by atoms with Crippen LogP contribution in [0, 0.1) is 32.8 Å². The molecule has 1 N–H and O–H groups in total. The second-order valence-corrected chi connectivity index (χ2v) is 3.82. The molecule has 0 radical (unpaired) electrons. The highest BCUT2D eigenvalue weighted by Gasteiger charge is 2.14. The molecule has 0 aliphatic heterocycles. The van der Waals surface area contributed by atoms with E-state index in [0.29, 0.717) is 12.2 Å². The Morgan fingerprint density at radius 2 is 2.00 bits per heavy atom. The van der Waals surface area contributed by atoms with Crippen molar-refractivity contribution >= 4 is 11.4 Å². The van der Waals surface area contributed by atoms with Gasteiger partial charge in [-0.25, -0.2) is 0 Å². The molecule has 98 valence electrons. The average Bonchev–Trinajstić information content (AvgIpc) is 2.38. The van der Waals surface area contributed by atoms with Gasteiger partial charge < -0.3 is 5.32 Å². The Morgan fingerprint density at radius 3 is 2.47 bits per heavy atom. The molecule has 0 saturated carbocycles. The minimum absolute atomic E-state index is 0.00151. The molecule has 7 heteroatoms. The highest BCUT2D eigenvalue weighted by molar-refractivity contribution is 5.62. The number of benzene rings is 1. The largest absolute Gasteiger partial charge is 0.383 e. The molecule has 1 aromatic carbocycles. The number of nitriles is 2. The smallest absolute Gasteiger partial charge is 0.292 e. The Bertz CT molecular complexity index is 528. The molecule has 7 nitrogen and oxygen atoms in total. The van der Waals surface area contributed by atoms with Crippen LogP contribution in [0.25, 0.3) is 0 Å². The van der Waals surface area contributed by atoms with E-state index >= 15 is 0 Å². The number of nitro benzene ring substituents is 1. The van der Waals surface area contributed by atoms with Crippen molar-refractivity contribution in [2.24, 2.45) is 0 Å². The first-order valence-electron chi connectivity index (χ1n) is 5.53. The van der Waals surface area contributed by atoms with Crippen molar-refractivity contribution in [1.29, 1.82) is 10.5 Å². The zero-order chi connectivity index (χ0) is 14.3. The van der Waals surface area contributed by atoms with Crippen molar-refractivity contribution in [2.75, 3.05) is 25.5 Å². The molecule has 0 aromatic heterocycles.